The SMILES string of the molecule is CCC1Oc2ccc(-c3csc(-c4ccccc4)n3)cc2N(CC(=O)OC(C)COC)C1=O. The average molecular weight is 467 g/mol. The van der Waals surface area contributed by atoms with Crippen molar-refractivity contribution in [3.8, 4) is 27.6 Å². The summed E-state index contributed by atoms with van der Waals surface area (Å²) >= 11 is 1.55. The molecule has 3 aromatic rings. The molecule has 172 valence electrons. The van der Waals surface area contributed by atoms with Gasteiger partial charge in [0.2, 0.25) is 0 Å². The van der Waals surface area contributed by atoms with E-state index in [4.69, 9.17) is 19.2 Å². The molecule has 2 heterocycles. The summed E-state index contributed by atoms with van der Waals surface area (Å²) in [6.07, 6.45) is -0.549. The summed E-state index contributed by atoms with van der Waals surface area (Å²) in [6, 6.07) is 15.6. The van der Waals surface area contributed by atoms with Gasteiger partial charge in [-0.25, -0.2) is 4.98 Å². The van der Waals surface area contributed by atoms with Crippen LogP contribution in [0.1, 0.15) is 20.3 Å². The molecule has 1 aromatic heterocycles. The molecule has 1 aliphatic rings. The number of thiazole rings is 1. The van der Waals surface area contributed by atoms with Crippen molar-refractivity contribution in [1.29, 1.82) is 0 Å². The van der Waals surface area contributed by atoms with Crippen molar-refractivity contribution in [3.63, 3.8) is 0 Å². The summed E-state index contributed by atoms with van der Waals surface area (Å²) < 4.78 is 16.3. The highest BCUT2D eigenvalue weighted by Crippen LogP contribution is 2.39. The number of nitrogens with zero attached hydrogens (tertiary/aromatic N) is 2. The summed E-state index contributed by atoms with van der Waals surface area (Å²) in [7, 11) is 1.54. The molecule has 2 aromatic carbocycles. The highest BCUT2D eigenvalue weighted by molar-refractivity contribution is 7.13. The number of amides is 1. The van der Waals surface area contributed by atoms with Crippen LogP contribution in [-0.4, -0.2) is 49.3 Å². The van der Waals surface area contributed by atoms with Crippen LogP contribution in [0.4, 0.5) is 5.69 Å². The summed E-state index contributed by atoms with van der Waals surface area (Å²) in [6.45, 7) is 3.71. The molecular weight excluding hydrogens is 440 g/mol. The largest absolute Gasteiger partial charge is 0.478 e. The maximum atomic E-state index is 13.1. The van der Waals surface area contributed by atoms with E-state index in [0.29, 0.717) is 17.9 Å². The number of fused-ring (bicyclic) bond motifs is 1. The second-order valence-electron chi connectivity index (χ2n) is 7.78. The minimum Gasteiger partial charge on any atom is -0.478 e. The monoisotopic (exact) mass is 466 g/mol. The fraction of sp³-hybridized carbons (Fsp3) is 0.320. The molecule has 0 aliphatic carbocycles. The van der Waals surface area contributed by atoms with Crippen LogP contribution in [0.5, 0.6) is 5.75 Å². The number of hydrogen-bond acceptors (Lipinski definition) is 7. The van der Waals surface area contributed by atoms with Crippen LogP contribution in [0, 0.1) is 0 Å². The number of aromatic nitrogens is 1. The summed E-state index contributed by atoms with van der Waals surface area (Å²) in [5.41, 5.74) is 3.21. The number of hydrogen-bond donors (Lipinski definition) is 0. The Hall–Kier alpha value is -3.23. The van der Waals surface area contributed by atoms with E-state index in [0.717, 1.165) is 21.8 Å². The molecule has 33 heavy (non-hydrogen) atoms. The summed E-state index contributed by atoms with van der Waals surface area (Å²) in [5.74, 6) is -0.204. The number of benzene rings is 2. The van der Waals surface area contributed by atoms with Crippen molar-refractivity contribution in [2.45, 2.75) is 32.5 Å². The van der Waals surface area contributed by atoms with Crippen molar-refractivity contribution in [2.75, 3.05) is 25.2 Å². The number of methoxy groups -OCH3 is 1. The Morgan fingerprint density at radius 2 is 2.00 bits per heavy atom. The van der Waals surface area contributed by atoms with Gasteiger partial charge in [0.15, 0.2) is 6.10 Å². The van der Waals surface area contributed by atoms with E-state index < -0.39 is 18.2 Å². The molecule has 0 fully saturated rings. The van der Waals surface area contributed by atoms with Crippen LogP contribution < -0.4 is 9.64 Å². The molecule has 4 rings (SSSR count). The molecule has 1 amide bonds. The predicted molar refractivity (Wildman–Crippen MR) is 127 cm³/mol. The van der Waals surface area contributed by atoms with E-state index in [1.54, 1.807) is 25.4 Å². The first kappa shape index (κ1) is 22.9. The second-order valence-corrected chi connectivity index (χ2v) is 8.64. The van der Waals surface area contributed by atoms with Gasteiger partial charge in [-0.2, -0.15) is 0 Å². The molecule has 0 saturated carbocycles. The van der Waals surface area contributed by atoms with E-state index in [-0.39, 0.29) is 19.1 Å². The lowest BCUT2D eigenvalue weighted by molar-refractivity contribution is -0.149. The number of carbonyl (C=O) groups is 2. The molecule has 7 nitrogen and oxygen atoms in total. The number of carbonyl (C=O) groups excluding carboxylic acids is 2. The Labute approximate surface area is 196 Å². The highest BCUT2D eigenvalue weighted by atomic mass is 32.1. The van der Waals surface area contributed by atoms with Crippen LogP contribution >= 0.6 is 11.3 Å². The van der Waals surface area contributed by atoms with E-state index in [2.05, 4.69) is 0 Å². The van der Waals surface area contributed by atoms with E-state index in [1.165, 1.54) is 4.90 Å². The maximum absolute atomic E-state index is 13.1. The first-order valence-electron chi connectivity index (χ1n) is 10.8. The topological polar surface area (TPSA) is 78.0 Å². The Balaban J connectivity index is 1.63. The Morgan fingerprint density at radius 1 is 1.21 bits per heavy atom. The maximum Gasteiger partial charge on any atom is 0.326 e. The third kappa shape index (κ3) is 5.07. The molecule has 2 unspecified atom stereocenters. The Morgan fingerprint density at radius 3 is 2.73 bits per heavy atom. The Bertz CT molecular complexity index is 1130. The molecule has 8 heteroatoms. The number of anilines is 1. The molecule has 0 radical (unpaired) electrons. The van der Waals surface area contributed by atoms with Gasteiger partial charge in [-0.15, -0.1) is 11.3 Å². The molecule has 0 spiro atoms. The van der Waals surface area contributed by atoms with Gasteiger partial charge in [0, 0.05) is 23.6 Å². The van der Waals surface area contributed by atoms with Crippen molar-refractivity contribution in [2.24, 2.45) is 0 Å². The zero-order valence-corrected chi connectivity index (χ0v) is 19.6. The third-order valence-electron chi connectivity index (χ3n) is 5.27. The smallest absolute Gasteiger partial charge is 0.326 e. The summed E-state index contributed by atoms with van der Waals surface area (Å²) in [4.78, 5) is 31.8. The fourth-order valence-corrected chi connectivity index (χ4v) is 4.52. The average Bonchev–Trinajstić information content (AvgIpc) is 3.31. The lowest BCUT2D eigenvalue weighted by Crippen LogP contribution is -2.48. The highest BCUT2D eigenvalue weighted by Gasteiger charge is 2.35. The second kappa shape index (κ2) is 10.1. The molecule has 1 aliphatic heterocycles. The lowest BCUT2D eigenvalue weighted by Gasteiger charge is -2.34. The normalized spacial score (nSPS) is 16.2. The van der Waals surface area contributed by atoms with Crippen LogP contribution in [-0.2, 0) is 19.1 Å². The van der Waals surface area contributed by atoms with Gasteiger partial charge in [0.1, 0.15) is 23.4 Å². The molecule has 0 bridgehead atoms. The van der Waals surface area contributed by atoms with Crippen LogP contribution in [0.25, 0.3) is 21.8 Å². The van der Waals surface area contributed by atoms with Crippen LogP contribution in [0.2, 0.25) is 0 Å². The quantitative estimate of drug-likeness (QED) is 0.453. The van der Waals surface area contributed by atoms with Gasteiger partial charge >= 0.3 is 5.97 Å². The van der Waals surface area contributed by atoms with E-state index >= 15 is 0 Å². The van der Waals surface area contributed by atoms with Crippen LogP contribution in [0.3, 0.4) is 0 Å². The first-order valence-corrected chi connectivity index (χ1v) is 11.7. The minimum absolute atomic E-state index is 0.199. The van der Waals surface area contributed by atoms with Crippen molar-refractivity contribution >= 4 is 28.9 Å². The molecular formula is C25H26N2O5S. The van der Waals surface area contributed by atoms with Crippen molar-refractivity contribution in [1.82, 2.24) is 4.98 Å². The third-order valence-corrected chi connectivity index (χ3v) is 6.16. The minimum atomic E-state index is -0.642. The first-order chi connectivity index (χ1) is 16.0. The number of esters is 1. The van der Waals surface area contributed by atoms with E-state index in [1.807, 2.05) is 60.8 Å². The molecule has 2 atom stereocenters. The molecule has 0 N–H and O–H groups in total. The lowest BCUT2D eigenvalue weighted by atomic mass is 10.1. The standard InChI is InChI=1S/C25H26N2O5S/c1-4-21-25(29)27(13-23(28)31-16(2)14-30-3)20-12-18(10-11-22(20)32-21)19-15-33-24(26-19)17-8-6-5-7-9-17/h5-12,15-16,21H,4,13-14H2,1-3H3. The zero-order valence-electron chi connectivity index (χ0n) is 18.8. The predicted octanol–water partition coefficient (Wildman–Crippen LogP) is 4.56. The zero-order chi connectivity index (χ0) is 23.4. The number of ether oxygens (including phenoxy) is 3. The van der Waals surface area contributed by atoms with Gasteiger partial charge in [-0.05, 0) is 31.5 Å². The van der Waals surface area contributed by atoms with Gasteiger partial charge in [-0.3, -0.25) is 14.5 Å². The summed E-state index contributed by atoms with van der Waals surface area (Å²) in [5, 5.41) is 2.89. The van der Waals surface area contributed by atoms with Crippen LogP contribution in [0.15, 0.2) is 53.9 Å². The van der Waals surface area contributed by atoms with Gasteiger partial charge in [0.05, 0.1) is 18.0 Å². The van der Waals surface area contributed by atoms with Gasteiger partial charge in [0.25, 0.3) is 5.91 Å². The van der Waals surface area contributed by atoms with Crippen molar-refractivity contribution < 1.29 is 23.8 Å². The van der Waals surface area contributed by atoms with Gasteiger partial charge < -0.3 is 14.2 Å². The van der Waals surface area contributed by atoms with Gasteiger partial charge in [-0.1, -0.05) is 37.3 Å². The van der Waals surface area contributed by atoms with Crippen molar-refractivity contribution in [3.05, 3.63) is 53.9 Å². The Kier molecular flexibility index (Phi) is 7.05. The fourth-order valence-electron chi connectivity index (χ4n) is 3.68. The van der Waals surface area contributed by atoms with E-state index in [9.17, 15) is 9.59 Å². The number of rotatable bonds is 8. The molecule has 0 saturated heterocycles.